The SMILES string of the molecule is COC(=O)COc1ccc(C(C)(C)C)cc1S. The first kappa shape index (κ1) is 13.9. The quantitative estimate of drug-likeness (QED) is 0.665. The van der Waals surface area contributed by atoms with E-state index in [1.54, 1.807) is 0 Å². The third-order valence-electron chi connectivity index (χ3n) is 2.40. The van der Waals surface area contributed by atoms with Gasteiger partial charge in [-0.15, -0.1) is 12.6 Å². The molecule has 1 aromatic rings. The van der Waals surface area contributed by atoms with Crippen molar-refractivity contribution < 1.29 is 14.3 Å². The van der Waals surface area contributed by atoms with Gasteiger partial charge in [-0.2, -0.15) is 0 Å². The monoisotopic (exact) mass is 254 g/mol. The number of hydrogen-bond donors (Lipinski definition) is 1. The van der Waals surface area contributed by atoms with Crippen LogP contribution in [0.15, 0.2) is 23.1 Å². The first-order chi connectivity index (χ1) is 7.84. The van der Waals surface area contributed by atoms with Gasteiger partial charge in [0.2, 0.25) is 0 Å². The van der Waals surface area contributed by atoms with Gasteiger partial charge in [0.25, 0.3) is 0 Å². The van der Waals surface area contributed by atoms with E-state index in [9.17, 15) is 4.79 Å². The topological polar surface area (TPSA) is 35.5 Å². The fourth-order valence-electron chi connectivity index (χ4n) is 1.30. The van der Waals surface area contributed by atoms with Gasteiger partial charge < -0.3 is 9.47 Å². The fraction of sp³-hybridized carbons (Fsp3) is 0.462. The molecule has 0 spiro atoms. The van der Waals surface area contributed by atoms with Gasteiger partial charge in [-0.25, -0.2) is 4.79 Å². The summed E-state index contributed by atoms with van der Waals surface area (Å²) in [6.45, 7) is 6.29. The molecule has 0 unspecified atom stereocenters. The van der Waals surface area contributed by atoms with Gasteiger partial charge in [-0.05, 0) is 23.1 Å². The van der Waals surface area contributed by atoms with E-state index >= 15 is 0 Å². The lowest BCUT2D eigenvalue weighted by Gasteiger charge is -2.20. The molecule has 0 fully saturated rings. The lowest BCUT2D eigenvalue weighted by Crippen LogP contribution is -2.14. The Morgan fingerprint density at radius 1 is 1.35 bits per heavy atom. The first-order valence-electron chi connectivity index (χ1n) is 5.37. The average molecular weight is 254 g/mol. The fourth-order valence-corrected chi connectivity index (χ4v) is 1.58. The number of rotatable bonds is 3. The Morgan fingerprint density at radius 3 is 2.47 bits per heavy atom. The minimum Gasteiger partial charge on any atom is -0.481 e. The summed E-state index contributed by atoms with van der Waals surface area (Å²) in [7, 11) is 1.33. The lowest BCUT2D eigenvalue weighted by molar-refractivity contribution is -0.142. The van der Waals surface area contributed by atoms with Crippen molar-refractivity contribution in [2.45, 2.75) is 31.1 Å². The second-order valence-corrected chi connectivity index (χ2v) is 5.28. The predicted octanol–water partition coefficient (Wildman–Crippen LogP) is 2.82. The predicted molar refractivity (Wildman–Crippen MR) is 69.9 cm³/mol. The zero-order chi connectivity index (χ0) is 13.1. The van der Waals surface area contributed by atoms with Gasteiger partial charge in [-0.1, -0.05) is 26.8 Å². The van der Waals surface area contributed by atoms with E-state index in [0.717, 1.165) is 4.90 Å². The van der Waals surface area contributed by atoms with Crippen LogP contribution in [0, 0.1) is 0 Å². The maximum Gasteiger partial charge on any atom is 0.343 e. The van der Waals surface area contributed by atoms with Gasteiger partial charge in [0.15, 0.2) is 6.61 Å². The van der Waals surface area contributed by atoms with Gasteiger partial charge in [0.05, 0.1) is 7.11 Å². The molecular formula is C13H18O3S. The van der Waals surface area contributed by atoms with Crippen molar-refractivity contribution in [1.29, 1.82) is 0 Å². The Morgan fingerprint density at radius 2 is 2.00 bits per heavy atom. The van der Waals surface area contributed by atoms with E-state index < -0.39 is 5.97 Å². The lowest BCUT2D eigenvalue weighted by atomic mass is 9.87. The molecule has 0 aliphatic rings. The highest BCUT2D eigenvalue weighted by molar-refractivity contribution is 7.80. The van der Waals surface area contributed by atoms with Crippen LogP contribution in [-0.4, -0.2) is 19.7 Å². The molecule has 0 saturated carbocycles. The minimum atomic E-state index is -0.405. The van der Waals surface area contributed by atoms with Crippen LogP contribution in [0.1, 0.15) is 26.3 Å². The van der Waals surface area contributed by atoms with E-state index in [2.05, 4.69) is 38.1 Å². The van der Waals surface area contributed by atoms with Crippen molar-refractivity contribution in [1.82, 2.24) is 0 Å². The molecular weight excluding hydrogens is 236 g/mol. The van der Waals surface area contributed by atoms with Crippen molar-refractivity contribution in [3.05, 3.63) is 23.8 Å². The summed E-state index contributed by atoms with van der Waals surface area (Å²) >= 11 is 4.35. The maximum atomic E-state index is 11.0. The van der Waals surface area contributed by atoms with Gasteiger partial charge >= 0.3 is 5.97 Å². The molecule has 0 atom stereocenters. The van der Waals surface area contributed by atoms with Crippen molar-refractivity contribution in [3.8, 4) is 5.75 Å². The summed E-state index contributed by atoms with van der Waals surface area (Å²) in [6, 6.07) is 5.76. The minimum absolute atomic E-state index is 0.0678. The molecule has 0 heterocycles. The molecule has 1 aromatic carbocycles. The van der Waals surface area contributed by atoms with Crippen LogP contribution in [0.4, 0.5) is 0 Å². The standard InChI is InChI=1S/C13H18O3S/c1-13(2,3)9-5-6-10(11(17)7-9)16-8-12(14)15-4/h5-7,17H,8H2,1-4H3. The molecule has 0 radical (unpaired) electrons. The maximum absolute atomic E-state index is 11.0. The number of ether oxygens (including phenoxy) is 2. The van der Waals surface area contributed by atoms with E-state index in [-0.39, 0.29) is 12.0 Å². The molecule has 3 nitrogen and oxygen atoms in total. The normalized spacial score (nSPS) is 11.1. The summed E-state index contributed by atoms with van der Waals surface area (Å²) < 4.78 is 9.81. The van der Waals surface area contributed by atoms with Crippen LogP contribution in [0.2, 0.25) is 0 Å². The molecule has 94 valence electrons. The van der Waals surface area contributed by atoms with Crippen molar-refractivity contribution >= 4 is 18.6 Å². The van der Waals surface area contributed by atoms with Gasteiger partial charge in [0.1, 0.15) is 5.75 Å². The zero-order valence-electron chi connectivity index (χ0n) is 10.6. The number of carbonyl (C=O) groups is 1. The molecule has 0 bridgehead atoms. The largest absolute Gasteiger partial charge is 0.481 e. The zero-order valence-corrected chi connectivity index (χ0v) is 11.5. The Hall–Kier alpha value is -1.16. The molecule has 4 heteroatoms. The first-order valence-corrected chi connectivity index (χ1v) is 5.82. The number of hydrogen-bond acceptors (Lipinski definition) is 4. The smallest absolute Gasteiger partial charge is 0.343 e. The van der Waals surface area contributed by atoms with Crippen LogP contribution in [0.25, 0.3) is 0 Å². The van der Waals surface area contributed by atoms with E-state index in [0.29, 0.717) is 5.75 Å². The number of methoxy groups -OCH3 is 1. The second kappa shape index (κ2) is 5.45. The van der Waals surface area contributed by atoms with Crippen LogP contribution >= 0.6 is 12.6 Å². The molecule has 1 rings (SSSR count). The third-order valence-corrected chi connectivity index (χ3v) is 2.75. The third kappa shape index (κ3) is 3.97. The van der Waals surface area contributed by atoms with Gasteiger partial charge in [0, 0.05) is 4.90 Å². The van der Waals surface area contributed by atoms with Crippen LogP contribution in [0.3, 0.4) is 0 Å². The number of carbonyl (C=O) groups excluding carboxylic acids is 1. The molecule has 0 amide bonds. The van der Waals surface area contributed by atoms with E-state index in [1.807, 2.05) is 18.2 Å². The molecule has 0 N–H and O–H groups in total. The summed E-state index contributed by atoms with van der Waals surface area (Å²) in [5.41, 5.74) is 1.24. The molecule has 0 aliphatic carbocycles. The Kier molecular flexibility index (Phi) is 4.46. The highest BCUT2D eigenvalue weighted by atomic mass is 32.1. The molecule has 0 aromatic heterocycles. The Bertz CT molecular complexity index is 408. The Balaban J connectivity index is 2.80. The second-order valence-electron chi connectivity index (χ2n) is 4.80. The van der Waals surface area contributed by atoms with Crippen molar-refractivity contribution in [2.75, 3.05) is 13.7 Å². The van der Waals surface area contributed by atoms with Crippen LogP contribution in [-0.2, 0) is 14.9 Å². The summed E-state index contributed by atoms with van der Waals surface area (Å²) in [4.78, 5) is 11.7. The molecule has 0 saturated heterocycles. The average Bonchev–Trinajstić information content (AvgIpc) is 2.25. The molecule has 17 heavy (non-hydrogen) atoms. The van der Waals surface area contributed by atoms with Gasteiger partial charge in [-0.3, -0.25) is 0 Å². The summed E-state index contributed by atoms with van der Waals surface area (Å²) in [5, 5.41) is 0. The van der Waals surface area contributed by atoms with E-state index in [1.165, 1.54) is 12.7 Å². The Labute approximate surface area is 108 Å². The summed E-state index contributed by atoms with van der Waals surface area (Å²) in [5.74, 6) is 0.185. The van der Waals surface area contributed by atoms with E-state index in [4.69, 9.17) is 4.74 Å². The van der Waals surface area contributed by atoms with Crippen LogP contribution < -0.4 is 4.74 Å². The molecule has 0 aliphatic heterocycles. The number of esters is 1. The van der Waals surface area contributed by atoms with Crippen molar-refractivity contribution in [3.63, 3.8) is 0 Å². The highest BCUT2D eigenvalue weighted by Crippen LogP contribution is 2.29. The highest BCUT2D eigenvalue weighted by Gasteiger charge is 2.15. The van der Waals surface area contributed by atoms with Crippen LogP contribution in [0.5, 0.6) is 5.75 Å². The van der Waals surface area contributed by atoms with Crippen molar-refractivity contribution in [2.24, 2.45) is 0 Å². The number of thiol groups is 1. The summed E-state index contributed by atoms with van der Waals surface area (Å²) in [6.07, 6.45) is 0. The number of benzene rings is 1.